The van der Waals surface area contributed by atoms with E-state index in [1.165, 1.54) is 0 Å². The molecule has 0 aromatic heterocycles. The Labute approximate surface area is 312 Å². The van der Waals surface area contributed by atoms with Gasteiger partial charge in [-0.25, -0.2) is 0 Å². The maximum absolute atomic E-state index is 7.02. The monoisotopic (exact) mass is 785 g/mol. The van der Waals surface area contributed by atoms with Crippen LogP contribution >= 0.6 is 23.7 Å². The second-order valence-corrected chi connectivity index (χ2v) is 19.0. The Kier molecular flexibility index (Phi) is 9.36. The molecule has 54 heavy (non-hydrogen) atoms. The molecule has 0 spiro atoms. The number of hydrogen-bond acceptors (Lipinski definition) is 15. The van der Waals surface area contributed by atoms with E-state index in [4.69, 9.17) is 66.1 Å². The quantitative estimate of drug-likeness (QED) is 0.0428. The number of anilines is 6. The summed E-state index contributed by atoms with van der Waals surface area (Å²) >= 11 is 0. The van der Waals surface area contributed by atoms with Gasteiger partial charge in [-0.05, 0) is 0 Å². The molecular formula is C36H38N9O6P3. The van der Waals surface area contributed by atoms with Crippen molar-refractivity contribution in [2.24, 2.45) is 4.52 Å². The number of hydrogen-bond donors (Lipinski definition) is 8. The number of nitrogen functional groups attached to an aromatic ring is 6. The first-order chi connectivity index (χ1) is 26.0. The molecule has 7 rings (SSSR count). The number of rotatable bonds is 12. The van der Waals surface area contributed by atoms with Crippen LogP contribution in [0.4, 0.5) is 34.1 Å². The van der Waals surface area contributed by atoms with Gasteiger partial charge in [0.15, 0.2) is 0 Å². The molecule has 0 fully saturated rings. The fourth-order valence-corrected chi connectivity index (χ4v) is 15.7. The molecule has 278 valence electrons. The summed E-state index contributed by atoms with van der Waals surface area (Å²) in [7, 11) is -11.3. The molecule has 14 N–H and O–H groups in total. The van der Waals surface area contributed by atoms with Crippen molar-refractivity contribution < 1.29 is 27.1 Å². The van der Waals surface area contributed by atoms with Crippen LogP contribution in [0.1, 0.15) is 0 Å². The van der Waals surface area contributed by atoms with Crippen molar-refractivity contribution in [2.45, 2.75) is 0 Å². The average Bonchev–Trinajstić information content (AvgIpc) is 3.15. The molecule has 0 saturated heterocycles. The van der Waals surface area contributed by atoms with Gasteiger partial charge in [-0.2, -0.15) is 0 Å². The van der Waals surface area contributed by atoms with Gasteiger partial charge in [0.2, 0.25) is 0 Å². The van der Waals surface area contributed by atoms with Gasteiger partial charge < -0.3 is 0 Å². The van der Waals surface area contributed by atoms with E-state index >= 15 is 0 Å². The van der Waals surface area contributed by atoms with Gasteiger partial charge in [0.05, 0.1) is 0 Å². The van der Waals surface area contributed by atoms with Gasteiger partial charge in [-0.15, -0.1) is 0 Å². The molecule has 0 atom stereocenters. The third kappa shape index (κ3) is 7.10. The molecule has 6 aromatic carbocycles. The Morgan fingerprint density at radius 2 is 0.611 bits per heavy atom. The normalized spacial score (nSPS) is 17.9. The zero-order valence-electron chi connectivity index (χ0n) is 28.6. The third-order valence-electron chi connectivity index (χ3n) is 7.84. The number of para-hydroxylation sites is 12. The summed E-state index contributed by atoms with van der Waals surface area (Å²) in [6, 6.07) is 40.4. The molecule has 15 nitrogen and oxygen atoms in total. The molecule has 1 heterocycles. The summed E-state index contributed by atoms with van der Waals surface area (Å²) in [6.07, 6.45) is 0. The number of nitrogens with two attached hydrogens (primary N) is 6. The molecule has 0 aliphatic carbocycles. The molecular weight excluding hydrogens is 747 g/mol. The van der Waals surface area contributed by atoms with Gasteiger partial charge in [0, 0.05) is 0 Å². The van der Waals surface area contributed by atoms with E-state index in [9.17, 15) is 0 Å². The molecule has 18 heteroatoms. The van der Waals surface area contributed by atoms with Crippen molar-refractivity contribution in [1.29, 1.82) is 0 Å². The second-order valence-electron chi connectivity index (χ2n) is 11.9. The van der Waals surface area contributed by atoms with Gasteiger partial charge in [0.25, 0.3) is 0 Å². The van der Waals surface area contributed by atoms with Crippen molar-refractivity contribution in [3.05, 3.63) is 146 Å². The predicted molar refractivity (Wildman–Crippen MR) is 218 cm³/mol. The molecule has 6 aromatic rings. The number of nitrogens with one attached hydrogen (secondary N) is 2. The first-order valence-corrected chi connectivity index (χ1v) is 21.1. The number of benzene rings is 6. The maximum atomic E-state index is 7.02. The molecule has 0 amide bonds. The summed E-state index contributed by atoms with van der Waals surface area (Å²) in [4.78, 5) is 6.62. The zero-order valence-corrected chi connectivity index (χ0v) is 31.2. The Hall–Kier alpha value is -6.20. The van der Waals surface area contributed by atoms with Crippen molar-refractivity contribution in [3.8, 4) is 34.5 Å². The Balaban J connectivity index is 1.60. The minimum atomic E-state index is -5.69. The Bertz CT molecular complexity index is 2130. The van der Waals surface area contributed by atoms with Gasteiger partial charge in [0.1, 0.15) is 0 Å². The van der Waals surface area contributed by atoms with Crippen LogP contribution in [0, 0.1) is 0 Å². The fourth-order valence-electron chi connectivity index (χ4n) is 5.29. The molecule has 0 bridgehead atoms. The van der Waals surface area contributed by atoms with Crippen molar-refractivity contribution >= 4 is 57.8 Å². The third-order valence-corrected chi connectivity index (χ3v) is 17.0. The molecule has 0 saturated carbocycles. The Morgan fingerprint density at radius 1 is 0.370 bits per heavy atom. The summed E-state index contributed by atoms with van der Waals surface area (Å²) in [5.41, 5.74) is 40.6. The van der Waals surface area contributed by atoms with Gasteiger partial charge >= 0.3 is 314 Å². The van der Waals surface area contributed by atoms with Crippen LogP contribution in [-0.2, 0) is 0 Å². The first kappa shape index (κ1) is 36.2. The Morgan fingerprint density at radius 3 is 0.870 bits per heavy atom. The minimum absolute atomic E-state index is 0.0190. The molecule has 0 unspecified atom stereocenters. The standard InChI is InChI=1S/C36H38N9O6P3/c37-25-13-1-7-19-31(25)46-53(47-32-20-8-2-14-26(32)38,48-33-21-9-3-15-27(33)39)43-52-44-54(45-53,49-34-22-10-4-16-28(34)40,50-35-23-11-5-17-29(35)41)51-36-24-12-6-18-30(36)42/h1-24,45H,37-42H2,(H,43,44). The summed E-state index contributed by atoms with van der Waals surface area (Å²) in [5.74, 6) is 0.645. The molecule has 1 aliphatic heterocycles. The topological polar surface area (TPSA) is 248 Å². The van der Waals surface area contributed by atoms with Crippen LogP contribution in [0.2, 0.25) is 0 Å². The van der Waals surface area contributed by atoms with E-state index < -0.39 is 15.2 Å². The van der Waals surface area contributed by atoms with Gasteiger partial charge in [-0.1, -0.05) is 0 Å². The number of nitrogens with zero attached hydrogens (tertiary/aromatic N) is 1. The van der Waals surface area contributed by atoms with Crippen LogP contribution in [0.3, 0.4) is 0 Å². The van der Waals surface area contributed by atoms with E-state index in [1.54, 1.807) is 146 Å². The fraction of sp³-hybridized carbons (Fsp3) is 0. The average molecular weight is 786 g/mol. The van der Waals surface area contributed by atoms with E-state index in [0.29, 0.717) is 0 Å². The van der Waals surface area contributed by atoms with E-state index in [2.05, 4.69) is 9.72 Å². The van der Waals surface area contributed by atoms with Crippen molar-refractivity contribution in [3.63, 3.8) is 0 Å². The van der Waals surface area contributed by atoms with E-state index in [-0.39, 0.29) is 77.1 Å². The zero-order chi connectivity index (χ0) is 37.9. The molecule has 1 aliphatic rings. The molecule has 0 radical (unpaired) electrons. The van der Waals surface area contributed by atoms with E-state index in [1.807, 2.05) is 0 Å². The van der Waals surface area contributed by atoms with Crippen LogP contribution < -0.4 is 71.3 Å². The van der Waals surface area contributed by atoms with Crippen LogP contribution in [-0.4, -0.2) is 0 Å². The SMILES string of the molecule is Nc1ccccc1OP1(Oc2ccccc2N)(Oc2ccccc2N)N=PNP(Oc2ccccc2N)(Oc2ccccc2N)(Oc2ccccc2N)N1. The van der Waals surface area contributed by atoms with Crippen molar-refractivity contribution in [2.75, 3.05) is 34.4 Å². The summed E-state index contributed by atoms with van der Waals surface area (Å²) in [5, 5.41) is 0. The van der Waals surface area contributed by atoms with Crippen LogP contribution in [0.5, 0.6) is 34.5 Å². The van der Waals surface area contributed by atoms with E-state index in [0.717, 1.165) is 0 Å². The second kappa shape index (κ2) is 14.0. The summed E-state index contributed by atoms with van der Waals surface area (Å²) in [6.45, 7) is 0. The van der Waals surface area contributed by atoms with Crippen molar-refractivity contribution in [1.82, 2.24) is 9.72 Å². The summed E-state index contributed by atoms with van der Waals surface area (Å²) < 4.78 is 47.0. The van der Waals surface area contributed by atoms with Crippen LogP contribution in [0.25, 0.3) is 0 Å². The first-order valence-electron chi connectivity index (χ1n) is 16.3. The predicted octanol–water partition coefficient (Wildman–Crippen LogP) is 8.45. The van der Waals surface area contributed by atoms with Crippen LogP contribution in [0.15, 0.2) is 150 Å². The van der Waals surface area contributed by atoms with Gasteiger partial charge in [-0.3, -0.25) is 0 Å².